The molecule has 1 aliphatic heterocycles. The molecule has 5 nitrogen and oxygen atoms in total. The summed E-state index contributed by atoms with van der Waals surface area (Å²) >= 11 is 1.50. The van der Waals surface area contributed by atoms with Crippen LogP contribution in [0.3, 0.4) is 0 Å². The number of carbonyl (C=O) groups excluding carboxylic acids is 1. The van der Waals surface area contributed by atoms with E-state index in [9.17, 15) is 4.79 Å². The number of likely N-dealkylation sites (N-methyl/N-ethyl adjacent to an activating group) is 1. The van der Waals surface area contributed by atoms with Crippen molar-refractivity contribution in [3.05, 3.63) is 52.0 Å². The van der Waals surface area contributed by atoms with Crippen molar-refractivity contribution in [2.75, 3.05) is 7.05 Å². The lowest BCUT2D eigenvalue weighted by molar-refractivity contribution is -0.130. The normalized spacial score (nSPS) is 21.7. The van der Waals surface area contributed by atoms with E-state index in [0.717, 1.165) is 10.6 Å². The second-order valence-electron chi connectivity index (χ2n) is 6.04. The predicted molar refractivity (Wildman–Crippen MR) is 91.8 cm³/mol. The van der Waals surface area contributed by atoms with Gasteiger partial charge in [-0.05, 0) is 17.0 Å². The van der Waals surface area contributed by atoms with Crippen molar-refractivity contribution in [1.29, 1.82) is 5.41 Å². The van der Waals surface area contributed by atoms with Crippen LogP contribution in [0.25, 0.3) is 0 Å². The number of hydrogen-bond donors (Lipinski definition) is 2. The number of nitrogens with one attached hydrogen (secondary N) is 2. The van der Waals surface area contributed by atoms with Crippen molar-refractivity contribution in [1.82, 2.24) is 15.2 Å². The van der Waals surface area contributed by atoms with Crippen LogP contribution in [0.4, 0.5) is 0 Å². The summed E-state index contributed by atoms with van der Waals surface area (Å²) in [4.78, 5) is 18.5. The van der Waals surface area contributed by atoms with Crippen LogP contribution in [0.1, 0.15) is 47.9 Å². The fourth-order valence-electron chi connectivity index (χ4n) is 2.80. The van der Waals surface area contributed by atoms with Gasteiger partial charge in [0, 0.05) is 18.6 Å². The van der Waals surface area contributed by atoms with Crippen molar-refractivity contribution in [2.45, 2.75) is 31.7 Å². The van der Waals surface area contributed by atoms with Crippen LogP contribution in [0.15, 0.2) is 35.8 Å². The van der Waals surface area contributed by atoms with Gasteiger partial charge in [-0.15, -0.1) is 11.3 Å². The van der Waals surface area contributed by atoms with Gasteiger partial charge in [0.25, 0.3) is 0 Å². The van der Waals surface area contributed by atoms with E-state index < -0.39 is 0 Å². The Morgan fingerprint density at radius 1 is 1.30 bits per heavy atom. The molecule has 1 fully saturated rings. The van der Waals surface area contributed by atoms with Gasteiger partial charge in [0.2, 0.25) is 5.91 Å². The molecule has 1 aromatic carbocycles. The molecule has 0 aliphatic carbocycles. The largest absolute Gasteiger partial charge is 0.346 e. The molecular formula is C17H20N4OS. The van der Waals surface area contributed by atoms with Crippen molar-refractivity contribution in [3.63, 3.8) is 0 Å². The lowest BCUT2D eigenvalue weighted by Gasteiger charge is -2.36. The SMILES string of the molecule is CC(C)c1ccc([C@@H]2C(=O)N(C)C(=N)N[C@@H]2c2nccs2)cc1. The van der Waals surface area contributed by atoms with Crippen molar-refractivity contribution in [3.8, 4) is 0 Å². The smallest absolute Gasteiger partial charge is 0.239 e. The van der Waals surface area contributed by atoms with Crippen molar-refractivity contribution in [2.24, 2.45) is 0 Å². The van der Waals surface area contributed by atoms with Crippen LogP contribution in [0, 0.1) is 5.41 Å². The fourth-order valence-corrected chi connectivity index (χ4v) is 3.53. The minimum Gasteiger partial charge on any atom is -0.346 e. The Hall–Kier alpha value is -2.21. The molecular weight excluding hydrogens is 308 g/mol. The molecule has 23 heavy (non-hydrogen) atoms. The first kappa shape index (κ1) is 15.7. The quantitative estimate of drug-likeness (QED) is 0.910. The summed E-state index contributed by atoms with van der Waals surface area (Å²) in [7, 11) is 1.63. The number of rotatable bonds is 3. The molecule has 0 bridgehead atoms. The van der Waals surface area contributed by atoms with Gasteiger partial charge in [-0.2, -0.15) is 0 Å². The summed E-state index contributed by atoms with van der Waals surface area (Å²) in [5.41, 5.74) is 2.20. The first-order valence-corrected chi connectivity index (χ1v) is 8.49. The van der Waals surface area contributed by atoms with E-state index in [1.54, 1.807) is 13.2 Å². The van der Waals surface area contributed by atoms with Crippen LogP contribution in [-0.2, 0) is 4.79 Å². The first-order valence-electron chi connectivity index (χ1n) is 7.61. The zero-order valence-electron chi connectivity index (χ0n) is 13.4. The monoisotopic (exact) mass is 328 g/mol. The Kier molecular flexibility index (Phi) is 4.17. The van der Waals surface area contributed by atoms with Crippen LogP contribution < -0.4 is 5.32 Å². The maximum atomic E-state index is 12.8. The molecule has 0 radical (unpaired) electrons. The number of aromatic nitrogens is 1. The highest BCUT2D eigenvalue weighted by Gasteiger charge is 2.40. The summed E-state index contributed by atoms with van der Waals surface area (Å²) in [6, 6.07) is 7.89. The molecule has 1 saturated heterocycles. The molecule has 120 valence electrons. The zero-order chi connectivity index (χ0) is 16.6. The molecule has 2 aromatic rings. The molecule has 0 spiro atoms. The Morgan fingerprint density at radius 3 is 2.57 bits per heavy atom. The maximum Gasteiger partial charge on any atom is 0.239 e. The lowest BCUT2D eigenvalue weighted by Crippen LogP contribution is -2.53. The van der Waals surface area contributed by atoms with E-state index in [2.05, 4.69) is 36.3 Å². The highest BCUT2D eigenvalue weighted by atomic mass is 32.1. The number of hydrogen-bond acceptors (Lipinski definition) is 4. The van der Waals surface area contributed by atoms with Gasteiger partial charge in [0.1, 0.15) is 5.01 Å². The number of benzene rings is 1. The molecule has 1 aliphatic rings. The Balaban J connectivity index is 2.00. The topological polar surface area (TPSA) is 69.1 Å². The highest BCUT2D eigenvalue weighted by molar-refractivity contribution is 7.09. The number of thiazole rings is 1. The van der Waals surface area contributed by atoms with Crippen LogP contribution >= 0.6 is 11.3 Å². The molecule has 1 aromatic heterocycles. The van der Waals surface area contributed by atoms with Crippen molar-refractivity contribution < 1.29 is 4.79 Å². The summed E-state index contributed by atoms with van der Waals surface area (Å²) in [5.74, 6) is 0.118. The average molecular weight is 328 g/mol. The van der Waals surface area contributed by atoms with E-state index >= 15 is 0 Å². The van der Waals surface area contributed by atoms with E-state index in [1.165, 1.54) is 21.8 Å². The third-order valence-corrected chi connectivity index (χ3v) is 5.10. The fraction of sp³-hybridized carbons (Fsp3) is 0.353. The number of guanidine groups is 1. The Bertz CT molecular complexity index is 709. The minimum absolute atomic E-state index is 0.0775. The summed E-state index contributed by atoms with van der Waals surface area (Å²) in [5, 5.41) is 13.8. The van der Waals surface area contributed by atoms with E-state index in [4.69, 9.17) is 5.41 Å². The van der Waals surface area contributed by atoms with Gasteiger partial charge >= 0.3 is 0 Å². The van der Waals surface area contributed by atoms with Crippen molar-refractivity contribution >= 4 is 23.2 Å². The van der Waals surface area contributed by atoms with E-state index in [-0.39, 0.29) is 23.8 Å². The van der Waals surface area contributed by atoms with Crippen LogP contribution in [0.2, 0.25) is 0 Å². The Labute approximate surface area is 139 Å². The molecule has 0 saturated carbocycles. The second kappa shape index (κ2) is 6.12. The van der Waals surface area contributed by atoms with Gasteiger partial charge < -0.3 is 5.32 Å². The molecule has 1 amide bonds. The number of carbonyl (C=O) groups is 1. The standard InChI is InChI=1S/C17H20N4OS/c1-10(2)11-4-6-12(7-5-11)13-14(15-19-8-9-23-15)20-17(18)21(3)16(13)22/h4-10,13-14H,1-3H3,(H2,18,20)/t13-,14-/m0/s1. The third-order valence-electron chi connectivity index (χ3n) is 4.24. The maximum absolute atomic E-state index is 12.8. The van der Waals surface area contributed by atoms with Gasteiger partial charge in [-0.3, -0.25) is 15.1 Å². The van der Waals surface area contributed by atoms with Gasteiger partial charge in [-0.1, -0.05) is 38.1 Å². The van der Waals surface area contributed by atoms with Gasteiger partial charge in [0.05, 0.1) is 12.0 Å². The summed E-state index contributed by atoms with van der Waals surface area (Å²) in [6.45, 7) is 4.30. The average Bonchev–Trinajstić information content (AvgIpc) is 3.07. The third kappa shape index (κ3) is 2.86. The van der Waals surface area contributed by atoms with Gasteiger partial charge in [-0.25, -0.2) is 4.98 Å². The number of amides is 1. The molecule has 2 atom stereocenters. The first-order chi connectivity index (χ1) is 11.0. The van der Waals surface area contributed by atoms with E-state index in [0.29, 0.717) is 5.92 Å². The molecule has 2 N–H and O–H groups in total. The predicted octanol–water partition coefficient (Wildman–Crippen LogP) is 3.09. The second-order valence-corrected chi connectivity index (χ2v) is 6.96. The summed E-state index contributed by atoms with van der Waals surface area (Å²) < 4.78 is 0. The molecule has 2 heterocycles. The highest BCUT2D eigenvalue weighted by Crippen LogP contribution is 2.36. The summed E-state index contributed by atoms with van der Waals surface area (Å²) in [6.07, 6.45) is 1.73. The molecule has 0 unspecified atom stereocenters. The van der Waals surface area contributed by atoms with E-state index in [1.807, 2.05) is 17.5 Å². The number of nitrogens with zero attached hydrogens (tertiary/aromatic N) is 2. The lowest BCUT2D eigenvalue weighted by atomic mass is 9.87. The van der Waals surface area contributed by atoms with Crippen LogP contribution in [-0.4, -0.2) is 28.8 Å². The zero-order valence-corrected chi connectivity index (χ0v) is 14.2. The molecule has 6 heteroatoms. The molecule has 3 rings (SSSR count). The minimum atomic E-state index is -0.374. The Morgan fingerprint density at radius 2 is 2.00 bits per heavy atom. The van der Waals surface area contributed by atoms with Crippen LogP contribution in [0.5, 0.6) is 0 Å². The van der Waals surface area contributed by atoms with Gasteiger partial charge in [0.15, 0.2) is 5.96 Å².